The Balaban J connectivity index is 2.57. The number of hydrogen-bond donors (Lipinski definition) is 0. The van der Waals surface area contributed by atoms with Gasteiger partial charge in [-0.1, -0.05) is 11.3 Å². The van der Waals surface area contributed by atoms with E-state index in [-0.39, 0.29) is 5.69 Å². The van der Waals surface area contributed by atoms with Gasteiger partial charge in [-0.25, -0.2) is 9.31 Å². The second-order valence-corrected chi connectivity index (χ2v) is 3.14. The van der Waals surface area contributed by atoms with Crippen molar-refractivity contribution in [1.29, 1.82) is 0 Å². The van der Waals surface area contributed by atoms with E-state index in [0.717, 1.165) is 5.56 Å². The predicted molar refractivity (Wildman–Crippen MR) is 53.7 cm³/mol. The van der Waals surface area contributed by atoms with Crippen LogP contribution in [0, 0.1) is 6.92 Å². The molecule has 0 aromatic carbocycles. The van der Waals surface area contributed by atoms with Crippen LogP contribution in [0.3, 0.4) is 0 Å². The maximum absolute atomic E-state index is 11.5. The van der Waals surface area contributed by atoms with Gasteiger partial charge in [0.05, 0.1) is 6.61 Å². The highest BCUT2D eigenvalue weighted by Gasteiger charge is 2.16. The number of ether oxygens (including phenoxy) is 1. The molecule has 0 amide bonds. The summed E-state index contributed by atoms with van der Waals surface area (Å²) in [6.45, 7) is 4.00. The lowest BCUT2D eigenvalue weighted by atomic mass is 10.2. The molecule has 2 aromatic rings. The van der Waals surface area contributed by atoms with Gasteiger partial charge < -0.3 is 4.74 Å². The molecule has 15 heavy (non-hydrogen) atoms. The summed E-state index contributed by atoms with van der Waals surface area (Å²) in [5.41, 5.74) is 1.93. The molecule has 0 unspecified atom stereocenters. The summed E-state index contributed by atoms with van der Waals surface area (Å²) in [4.78, 5) is 11.5. The van der Waals surface area contributed by atoms with Crippen LogP contribution >= 0.6 is 0 Å². The molecule has 5 heteroatoms. The van der Waals surface area contributed by atoms with Crippen molar-refractivity contribution < 1.29 is 9.53 Å². The van der Waals surface area contributed by atoms with Gasteiger partial charge in [0.15, 0.2) is 5.69 Å². The second kappa shape index (κ2) is 3.68. The minimum atomic E-state index is -0.429. The highest BCUT2D eigenvalue weighted by Crippen LogP contribution is 2.13. The molecule has 0 saturated heterocycles. The van der Waals surface area contributed by atoms with E-state index in [9.17, 15) is 4.79 Å². The molecule has 2 heterocycles. The molecule has 0 aliphatic heterocycles. The first-order valence-corrected chi connectivity index (χ1v) is 4.71. The molecule has 78 valence electrons. The van der Waals surface area contributed by atoms with Crippen molar-refractivity contribution in [3.05, 3.63) is 29.6 Å². The van der Waals surface area contributed by atoms with Crippen LogP contribution in [0.5, 0.6) is 0 Å². The van der Waals surface area contributed by atoms with Crippen molar-refractivity contribution in [2.24, 2.45) is 0 Å². The van der Waals surface area contributed by atoms with Crippen molar-refractivity contribution in [2.75, 3.05) is 6.61 Å². The van der Waals surface area contributed by atoms with E-state index in [0.29, 0.717) is 12.1 Å². The Morgan fingerprint density at radius 3 is 3.13 bits per heavy atom. The fourth-order valence-electron chi connectivity index (χ4n) is 1.45. The fraction of sp³-hybridized carbons (Fsp3) is 0.300. The maximum atomic E-state index is 11.5. The Hall–Kier alpha value is -1.91. The normalized spacial score (nSPS) is 10.5. The molecule has 0 radical (unpaired) electrons. The largest absolute Gasteiger partial charge is 0.461 e. The molecule has 5 nitrogen and oxygen atoms in total. The van der Waals surface area contributed by atoms with Crippen molar-refractivity contribution >= 4 is 11.5 Å². The number of fused-ring (bicyclic) bond motifs is 1. The zero-order chi connectivity index (χ0) is 10.8. The summed E-state index contributed by atoms with van der Waals surface area (Å²) >= 11 is 0. The maximum Gasteiger partial charge on any atom is 0.361 e. The lowest BCUT2D eigenvalue weighted by Crippen LogP contribution is -2.06. The van der Waals surface area contributed by atoms with Gasteiger partial charge in [-0.15, -0.1) is 5.10 Å². The molecule has 0 spiro atoms. The summed E-state index contributed by atoms with van der Waals surface area (Å²) < 4.78 is 6.47. The van der Waals surface area contributed by atoms with Crippen LogP contribution in [0.1, 0.15) is 23.0 Å². The Morgan fingerprint density at radius 2 is 2.40 bits per heavy atom. The van der Waals surface area contributed by atoms with Gasteiger partial charge in [0.2, 0.25) is 0 Å². The molecule has 0 saturated carbocycles. The third-order valence-corrected chi connectivity index (χ3v) is 2.11. The molecular formula is C10H11N3O2. The number of hydrogen-bond acceptors (Lipinski definition) is 4. The number of pyridine rings is 1. The first kappa shape index (κ1) is 9.64. The van der Waals surface area contributed by atoms with E-state index < -0.39 is 5.97 Å². The van der Waals surface area contributed by atoms with E-state index >= 15 is 0 Å². The second-order valence-electron chi connectivity index (χ2n) is 3.14. The van der Waals surface area contributed by atoms with Gasteiger partial charge in [-0.3, -0.25) is 0 Å². The van der Waals surface area contributed by atoms with E-state index in [1.807, 2.05) is 19.1 Å². The van der Waals surface area contributed by atoms with Crippen LogP contribution < -0.4 is 0 Å². The van der Waals surface area contributed by atoms with Gasteiger partial charge in [-0.2, -0.15) is 0 Å². The molecule has 0 N–H and O–H groups in total. The number of aryl methyl sites for hydroxylation is 1. The summed E-state index contributed by atoms with van der Waals surface area (Å²) in [7, 11) is 0. The lowest BCUT2D eigenvalue weighted by molar-refractivity contribution is 0.0521. The molecule has 0 fully saturated rings. The molecular weight excluding hydrogens is 194 g/mol. The molecule has 2 aromatic heterocycles. The van der Waals surface area contributed by atoms with Gasteiger partial charge in [-0.05, 0) is 25.5 Å². The highest BCUT2D eigenvalue weighted by atomic mass is 16.5. The van der Waals surface area contributed by atoms with E-state index in [1.165, 1.54) is 0 Å². The lowest BCUT2D eigenvalue weighted by Gasteiger charge is -1.99. The highest BCUT2D eigenvalue weighted by molar-refractivity contribution is 5.95. The predicted octanol–water partition coefficient (Wildman–Crippen LogP) is 1.21. The minimum Gasteiger partial charge on any atom is -0.461 e. The third-order valence-electron chi connectivity index (χ3n) is 2.11. The number of rotatable bonds is 2. The molecule has 0 aliphatic carbocycles. The van der Waals surface area contributed by atoms with Gasteiger partial charge >= 0.3 is 5.97 Å². The first-order valence-electron chi connectivity index (χ1n) is 4.71. The summed E-state index contributed by atoms with van der Waals surface area (Å²) in [5, 5.41) is 7.66. The number of carbonyl (C=O) groups is 1. The Labute approximate surface area is 86.7 Å². The number of carbonyl (C=O) groups excluding carboxylic acids is 1. The SMILES string of the molecule is CCOC(=O)c1nnn2cccc(C)c12. The third kappa shape index (κ3) is 1.56. The average Bonchev–Trinajstić information content (AvgIpc) is 2.63. The van der Waals surface area contributed by atoms with Crippen LogP contribution in [-0.4, -0.2) is 27.4 Å². The zero-order valence-electron chi connectivity index (χ0n) is 8.60. The smallest absolute Gasteiger partial charge is 0.361 e. The number of esters is 1. The topological polar surface area (TPSA) is 56.5 Å². The summed E-state index contributed by atoms with van der Waals surface area (Å²) in [6, 6.07) is 3.76. The molecule has 2 rings (SSSR count). The average molecular weight is 205 g/mol. The van der Waals surface area contributed by atoms with E-state index in [2.05, 4.69) is 10.3 Å². The van der Waals surface area contributed by atoms with Crippen LogP contribution in [0.4, 0.5) is 0 Å². The minimum absolute atomic E-state index is 0.273. The molecule has 0 aliphatic rings. The standard InChI is InChI=1S/C10H11N3O2/c1-3-15-10(14)8-9-7(2)5-4-6-13(9)12-11-8/h4-6H,3H2,1-2H3. The summed E-state index contributed by atoms with van der Waals surface area (Å²) in [6.07, 6.45) is 1.75. The first-order chi connectivity index (χ1) is 7.24. The number of aromatic nitrogens is 3. The zero-order valence-corrected chi connectivity index (χ0v) is 8.60. The van der Waals surface area contributed by atoms with E-state index in [4.69, 9.17) is 4.74 Å². The van der Waals surface area contributed by atoms with Gasteiger partial charge in [0.1, 0.15) is 5.52 Å². The quantitative estimate of drug-likeness (QED) is 0.691. The van der Waals surface area contributed by atoms with Crippen LogP contribution in [0.15, 0.2) is 18.3 Å². The van der Waals surface area contributed by atoms with Gasteiger partial charge in [0, 0.05) is 6.20 Å². The van der Waals surface area contributed by atoms with Crippen molar-refractivity contribution in [3.8, 4) is 0 Å². The Morgan fingerprint density at radius 1 is 1.60 bits per heavy atom. The van der Waals surface area contributed by atoms with Crippen molar-refractivity contribution in [2.45, 2.75) is 13.8 Å². The fourth-order valence-corrected chi connectivity index (χ4v) is 1.45. The molecule has 0 atom stereocenters. The number of nitrogens with zero attached hydrogens (tertiary/aromatic N) is 3. The van der Waals surface area contributed by atoms with Gasteiger partial charge in [0.25, 0.3) is 0 Å². The summed E-state index contributed by atoms with van der Waals surface area (Å²) in [5.74, 6) is -0.429. The van der Waals surface area contributed by atoms with Crippen molar-refractivity contribution in [3.63, 3.8) is 0 Å². The van der Waals surface area contributed by atoms with Crippen LogP contribution in [-0.2, 0) is 4.74 Å². The Bertz CT molecular complexity index is 504. The van der Waals surface area contributed by atoms with Crippen LogP contribution in [0.25, 0.3) is 5.52 Å². The van der Waals surface area contributed by atoms with Crippen LogP contribution in [0.2, 0.25) is 0 Å². The monoisotopic (exact) mass is 205 g/mol. The van der Waals surface area contributed by atoms with Crippen molar-refractivity contribution in [1.82, 2.24) is 14.8 Å². The molecule has 0 bridgehead atoms. The van der Waals surface area contributed by atoms with E-state index in [1.54, 1.807) is 17.6 Å². The Kier molecular flexibility index (Phi) is 2.37.